The fourth-order valence-electron chi connectivity index (χ4n) is 1.82. The predicted octanol–water partition coefficient (Wildman–Crippen LogP) is 1.95. The molecule has 1 aliphatic rings. The smallest absolute Gasteiger partial charge is 0.256 e. The molecule has 1 aromatic carbocycles. The van der Waals surface area contributed by atoms with E-state index in [-0.39, 0.29) is 16.6 Å². The first-order valence-corrected chi connectivity index (χ1v) is 5.96. The van der Waals surface area contributed by atoms with Crippen LogP contribution in [0.3, 0.4) is 0 Å². The van der Waals surface area contributed by atoms with Crippen molar-refractivity contribution in [2.45, 2.75) is 18.9 Å². The molecule has 92 valence electrons. The SMILES string of the molecule is NCC(NC(=O)c1c(F)cccc1Cl)C1CC1. The molecule has 0 bridgehead atoms. The fraction of sp³-hybridized carbons (Fsp3) is 0.417. The lowest BCUT2D eigenvalue weighted by Crippen LogP contribution is -2.42. The average Bonchev–Trinajstić information content (AvgIpc) is 3.09. The van der Waals surface area contributed by atoms with E-state index in [9.17, 15) is 9.18 Å². The number of carbonyl (C=O) groups excluding carboxylic acids is 1. The topological polar surface area (TPSA) is 55.1 Å². The lowest BCUT2D eigenvalue weighted by atomic mass is 10.1. The molecule has 0 saturated heterocycles. The third kappa shape index (κ3) is 2.76. The van der Waals surface area contributed by atoms with Gasteiger partial charge in [-0.1, -0.05) is 17.7 Å². The number of benzene rings is 1. The van der Waals surface area contributed by atoms with Crippen LogP contribution in [0.4, 0.5) is 4.39 Å². The monoisotopic (exact) mass is 256 g/mol. The molecule has 1 amide bonds. The Labute approximate surface area is 104 Å². The van der Waals surface area contributed by atoms with Crippen molar-refractivity contribution in [3.05, 3.63) is 34.6 Å². The van der Waals surface area contributed by atoms with Gasteiger partial charge in [-0.25, -0.2) is 4.39 Å². The molecule has 3 nitrogen and oxygen atoms in total. The number of rotatable bonds is 4. The number of hydrogen-bond acceptors (Lipinski definition) is 2. The van der Waals surface area contributed by atoms with Gasteiger partial charge in [-0.15, -0.1) is 0 Å². The highest BCUT2D eigenvalue weighted by molar-refractivity contribution is 6.33. The van der Waals surface area contributed by atoms with E-state index >= 15 is 0 Å². The van der Waals surface area contributed by atoms with Crippen LogP contribution in [-0.2, 0) is 0 Å². The van der Waals surface area contributed by atoms with Crippen LogP contribution < -0.4 is 11.1 Å². The Morgan fingerprint density at radius 3 is 2.82 bits per heavy atom. The van der Waals surface area contributed by atoms with Gasteiger partial charge in [-0.05, 0) is 30.9 Å². The summed E-state index contributed by atoms with van der Waals surface area (Å²) in [6.45, 7) is 0.364. The van der Waals surface area contributed by atoms with Gasteiger partial charge in [-0.2, -0.15) is 0 Å². The average molecular weight is 257 g/mol. The zero-order valence-electron chi connectivity index (χ0n) is 9.25. The molecule has 0 spiro atoms. The second kappa shape index (κ2) is 5.02. The van der Waals surface area contributed by atoms with E-state index in [0.717, 1.165) is 12.8 Å². The van der Waals surface area contributed by atoms with Crippen molar-refractivity contribution in [2.75, 3.05) is 6.54 Å². The van der Waals surface area contributed by atoms with E-state index in [1.807, 2.05) is 0 Å². The van der Waals surface area contributed by atoms with Crippen molar-refractivity contribution < 1.29 is 9.18 Å². The van der Waals surface area contributed by atoms with Crippen LogP contribution >= 0.6 is 11.6 Å². The first kappa shape index (κ1) is 12.3. The molecular formula is C12H14ClFN2O. The van der Waals surface area contributed by atoms with Gasteiger partial charge in [-0.3, -0.25) is 4.79 Å². The van der Waals surface area contributed by atoms with Crippen LogP contribution in [0.25, 0.3) is 0 Å². The fourth-order valence-corrected chi connectivity index (χ4v) is 2.07. The van der Waals surface area contributed by atoms with Crippen molar-refractivity contribution >= 4 is 17.5 Å². The van der Waals surface area contributed by atoms with Crippen molar-refractivity contribution in [2.24, 2.45) is 11.7 Å². The van der Waals surface area contributed by atoms with Crippen LogP contribution in [0, 0.1) is 11.7 Å². The van der Waals surface area contributed by atoms with Crippen LogP contribution in [0.1, 0.15) is 23.2 Å². The Hall–Kier alpha value is -1.13. The Balaban J connectivity index is 2.13. The maximum absolute atomic E-state index is 13.5. The highest BCUT2D eigenvalue weighted by atomic mass is 35.5. The predicted molar refractivity (Wildman–Crippen MR) is 64.4 cm³/mol. The second-order valence-corrected chi connectivity index (χ2v) is 4.66. The summed E-state index contributed by atoms with van der Waals surface area (Å²) in [5.41, 5.74) is 5.47. The number of nitrogens with two attached hydrogens (primary N) is 1. The van der Waals surface area contributed by atoms with Gasteiger partial charge in [0.05, 0.1) is 10.6 Å². The third-order valence-electron chi connectivity index (χ3n) is 2.95. The molecule has 5 heteroatoms. The largest absolute Gasteiger partial charge is 0.348 e. The summed E-state index contributed by atoms with van der Waals surface area (Å²) in [6.07, 6.45) is 2.13. The minimum Gasteiger partial charge on any atom is -0.348 e. The van der Waals surface area contributed by atoms with Gasteiger partial charge in [0, 0.05) is 12.6 Å². The van der Waals surface area contributed by atoms with Crippen molar-refractivity contribution in [3.8, 4) is 0 Å². The summed E-state index contributed by atoms with van der Waals surface area (Å²) in [5, 5.41) is 2.86. The molecular weight excluding hydrogens is 243 g/mol. The summed E-state index contributed by atoms with van der Waals surface area (Å²) in [6, 6.07) is 4.09. The third-order valence-corrected chi connectivity index (χ3v) is 3.27. The number of carbonyl (C=O) groups is 1. The quantitative estimate of drug-likeness (QED) is 0.865. The molecule has 0 aliphatic heterocycles. The Morgan fingerprint density at radius 2 is 2.29 bits per heavy atom. The van der Waals surface area contributed by atoms with E-state index < -0.39 is 11.7 Å². The van der Waals surface area contributed by atoms with Gasteiger partial charge >= 0.3 is 0 Å². The van der Waals surface area contributed by atoms with Crippen LogP contribution in [0.5, 0.6) is 0 Å². The molecule has 1 unspecified atom stereocenters. The minimum atomic E-state index is -0.610. The Morgan fingerprint density at radius 1 is 1.59 bits per heavy atom. The van der Waals surface area contributed by atoms with Crippen LogP contribution in [0.2, 0.25) is 5.02 Å². The van der Waals surface area contributed by atoms with Gasteiger partial charge in [0.2, 0.25) is 0 Å². The summed E-state index contributed by atoms with van der Waals surface area (Å²) < 4.78 is 13.5. The van der Waals surface area contributed by atoms with Gasteiger partial charge in [0.25, 0.3) is 5.91 Å². The van der Waals surface area contributed by atoms with E-state index in [2.05, 4.69) is 5.32 Å². The first-order chi connectivity index (χ1) is 8.13. The first-order valence-electron chi connectivity index (χ1n) is 5.58. The lowest BCUT2D eigenvalue weighted by molar-refractivity contribution is 0.0929. The Bertz CT molecular complexity index is 414. The minimum absolute atomic E-state index is 0.0850. The zero-order chi connectivity index (χ0) is 12.4. The van der Waals surface area contributed by atoms with Crippen molar-refractivity contribution in [1.82, 2.24) is 5.32 Å². The highest BCUT2D eigenvalue weighted by Gasteiger charge is 2.32. The van der Waals surface area contributed by atoms with Crippen LogP contribution in [0.15, 0.2) is 18.2 Å². The normalized spacial score (nSPS) is 16.6. The van der Waals surface area contributed by atoms with E-state index in [1.54, 1.807) is 0 Å². The Kier molecular flexibility index (Phi) is 3.64. The van der Waals surface area contributed by atoms with E-state index in [0.29, 0.717) is 12.5 Å². The number of hydrogen-bond donors (Lipinski definition) is 2. The van der Waals surface area contributed by atoms with Crippen LogP contribution in [-0.4, -0.2) is 18.5 Å². The summed E-state index contributed by atoms with van der Waals surface area (Å²) in [4.78, 5) is 11.9. The molecule has 1 aliphatic carbocycles. The standard InChI is InChI=1S/C12H14ClFN2O/c13-8-2-1-3-9(14)11(8)12(17)16-10(6-15)7-4-5-7/h1-3,7,10H,4-6,15H2,(H,16,17). The molecule has 3 N–H and O–H groups in total. The van der Waals surface area contributed by atoms with Gasteiger partial charge < -0.3 is 11.1 Å². The molecule has 1 fully saturated rings. The maximum Gasteiger partial charge on any atom is 0.256 e. The van der Waals surface area contributed by atoms with E-state index in [4.69, 9.17) is 17.3 Å². The van der Waals surface area contributed by atoms with Gasteiger partial charge in [0.15, 0.2) is 0 Å². The molecule has 0 radical (unpaired) electrons. The molecule has 0 heterocycles. The number of halogens is 2. The van der Waals surface area contributed by atoms with E-state index in [1.165, 1.54) is 18.2 Å². The molecule has 1 saturated carbocycles. The highest BCUT2D eigenvalue weighted by Crippen LogP contribution is 2.32. The molecule has 1 aromatic rings. The molecule has 0 aromatic heterocycles. The van der Waals surface area contributed by atoms with Gasteiger partial charge in [0.1, 0.15) is 5.82 Å². The van der Waals surface area contributed by atoms with Crippen molar-refractivity contribution in [3.63, 3.8) is 0 Å². The molecule has 1 atom stereocenters. The lowest BCUT2D eigenvalue weighted by Gasteiger charge is -2.16. The maximum atomic E-state index is 13.5. The zero-order valence-corrected chi connectivity index (χ0v) is 10.0. The molecule has 2 rings (SSSR count). The number of amides is 1. The summed E-state index contributed by atoms with van der Waals surface area (Å²) in [5.74, 6) is -0.675. The van der Waals surface area contributed by atoms with Crippen molar-refractivity contribution in [1.29, 1.82) is 0 Å². The summed E-state index contributed by atoms with van der Waals surface area (Å²) >= 11 is 5.81. The summed E-state index contributed by atoms with van der Waals surface area (Å²) in [7, 11) is 0. The number of nitrogens with one attached hydrogen (secondary N) is 1. The molecule has 17 heavy (non-hydrogen) atoms. The second-order valence-electron chi connectivity index (χ2n) is 4.25.